The molecule has 8 heteroatoms. The average molecular weight is 426 g/mol. The number of amides is 2. The van der Waals surface area contributed by atoms with Crippen LogP contribution in [0.5, 0.6) is 0 Å². The highest BCUT2D eigenvalue weighted by molar-refractivity contribution is 5.97. The number of carbonyl (C=O) groups is 2. The number of likely N-dealkylation sites (tertiary alicyclic amines) is 1. The van der Waals surface area contributed by atoms with Gasteiger partial charge >= 0.3 is 6.09 Å². The van der Waals surface area contributed by atoms with Crippen molar-refractivity contribution in [2.24, 2.45) is 0 Å². The molecule has 0 bridgehead atoms. The Morgan fingerprint density at radius 2 is 1.77 bits per heavy atom. The van der Waals surface area contributed by atoms with Crippen LogP contribution in [0.4, 0.5) is 4.79 Å². The van der Waals surface area contributed by atoms with E-state index in [4.69, 9.17) is 4.74 Å². The van der Waals surface area contributed by atoms with Gasteiger partial charge < -0.3 is 19.9 Å². The van der Waals surface area contributed by atoms with Crippen LogP contribution in [0.15, 0.2) is 42.1 Å². The van der Waals surface area contributed by atoms with E-state index in [0.717, 1.165) is 32.5 Å². The van der Waals surface area contributed by atoms with Crippen LogP contribution < -0.4 is 5.32 Å². The van der Waals surface area contributed by atoms with E-state index in [1.165, 1.54) is 5.56 Å². The number of carbonyl (C=O) groups excluding carboxylic acids is 2. The number of piperazine rings is 1. The zero-order chi connectivity index (χ0) is 22.1. The van der Waals surface area contributed by atoms with Gasteiger partial charge in [-0.1, -0.05) is 30.3 Å². The van der Waals surface area contributed by atoms with E-state index in [2.05, 4.69) is 22.3 Å². The lowest BCUT2D eigenvalue weighted by Gasteiger charge is -2.34. The molecule has 0 saturated carbocycles. The van der Waals surface area contributed by atoms with Gasteiger partial charge in [0.15, 0.2) is 0 Å². The van der Waals surface area contributed by atoms with Crippen molar-refractivity contribution in [2.75, 3.05) is 45.9 Å². The van der Waals surface area contributed by atoms with E-state index in [1.54, 1.807) is 22.9 Å². The van der Waals surface area contributed by atoms with Crippen LogP contribution in [0.1, 0.15) is 25.3 Å². The largest absolute Gasteiger partial charge is 0.450 e. The first-order chi connectivity index (χ1) is 15.1. The third-order valence-electron chi connectivity index (χ3n) is 5.74. The molecule has 0 radical (unpaired) electrons. The molecular formula is C23H31N5O3. The quantitative estimate of drug-likeness (QED) is 0.554. The molecule has 3 rings (SSSR count). The first-order valence-corrected chi connectivity index (χ1v) is 10.9. The second-order valence-electron chi connectivity index (χ2n) is 7.85. The lowest BCUT2D eigenvalue weighted by molar-refractivity contribution is -0.128. The van der Waals surface area contributed by atoms with Crippen LogP contribution in [0.2, 0.25) is 0 Å². The number of nitrogens with one attached hydrogen (secondary N) is 1. The maximum absolute atomic E-state index is 12.8. The lowest BCUT2D eigenvalue weighted by atomic mass is 10.1. The molecule has 1 aromatic carbocycles. The minimum Gasteiger partial charge on any atom is -0.450 e. The molecule has 2 aliphatic heterocycles. The van der Waals surface area contributed by atoms with Gasteiger partial charge in [-0.2, -0.15) is 5.26 Å². The van der Waals surface area contributed by atoms with Crippen molar-refractivity contribution in [3.8, 4) is 6.07 Å². The maximum Gasteiger partial charge on any atom is 0.409 e. The number of nitrogens with zero attached hydrogens (tertiary/aromatic N) is 4. The molecular weight excluding hydrogens is 394 g/mol. The van der Waals surface area contributed by atoms with E-state index >= 15 is 0 Å². The van der Waals surface area contributed by atoms with Crippen molar-refractivity contribution >= 4 is 12.0 Å². The van der Waals surface area contributed by atoms with Crippen molar-refractivity contribution in [1.82, 2.24) is 20.0 Å². The van der Waals surface area contributed by atoms with Gasteiger partial charge in [0.05, 0.1) is 6.61 Å². The van der Waals surface area contributed by atoms with Crippen LogP contribution >= 0.6 is 0 Å². The van der Waals surface area contributed by atoms with Crippen LogP contribution in [0.25, 0.3) is 0 Å². The van der Waals surface area contributed by atoms with Crippen molar-refractivity contribution in [3.63, 3.8) is 0 Å². The summed E-state index contributed by atoms with van der Waals surface area (Å²) in [6.07, 6.45) is 2.76. The fourth-order valence-electron chi connectivity index (χ4n) is 3.91. The Kier molecular flexibility index (Phi) is 8.30. The van der Waals surface area contributed by atoms with Gasteiger partial charge in [0.2, 0.25) is 0 Å². The lowest BCUT2D eigenvalue weighted by Crippen LogP contribution is -2.48. The monoisotopic (exact) mass is 425 g/mol. The number of rotatable bonds is 6. The highest BCUT2D eigenvalue weighted by Gasteiger charge is 2.25. The number of hydrogen-bond acceptors (Lipinski definition) is 6. The first kappa shape index (κ1) is 22.6. The highest BCUT2D eigenvalue weighted by Crippen LogP contribution is 2.13. The fourth-order valence-corrected chi connectivity index (χ4v) is 3.91. The summed E-state index contributed by atoms with van der Waals surface area (Å²) in [7, 11) is 0. The second-order valence-corrected chi connectivity index (χ2v) is 7.85. The number of ether oxygens (including phenoxy) is 1. The Morgan fingerprint density at radius 1 is 1.10 bits per heavy atom. The molecule has 0 atom stereocenters. The van der Waals surface area contributed by atoms with Crippen LogP contribution in [-0.4, -0.2) is 78.6 Å². The summed E-state index contributed by atoms with van der Waals surface area (Å²) in [5.41, 5.74) is 1.39. The van der Waals surface area contributed by atoms with Gasteiger partial charge in [0.25, 0.3) is 5.91 Å². The zero-order valence-corrected chi connectivity index (χ0v) is 18.1. The summed E-state index contributed by atoms with van der Waals surface area (Å²) in [6.45, 7) is 7.04. The first-order valence-electron chi connectivity index (χ1n) is 10.9. The highest BCUT2D eigenvalue weighted by atomic mass is 16.6. The predicted octanol–water partition coefficient (Wildman–Crippen LogP) is 1.95. The zero-order valence-electron chi connectivity index (χ0n) is 18.1. The van der Waals surface area contributed by atoms with Crippen LogP contribution in [0, 0.1) is 11.3 Å². The Labute approximate surface area is 184 Å². The molecule has 1 aromatic rings. The maximum atomic E-state index is 12.8. The van der Waals surface area contributed by atoms with Crippen LogP contribution in [0.3, 0.4) is 0 Å². The standard InChI is InChI=1S/C23H31N5O3/c1-2-31-23(30)28-10-8-21(9-11-28)25-17-20(16-24)22(29)27-14-12-26(13-15-27)18-19-6-4-3-5-7-19/h3-7,17,21,25H,2,8-15,18H2,1H3/b20-17-. The van der Waals surface area contributed by atoms with Gasteiger partial charge in [0.1, 0.15) is 11.6 Å². The molecule has 2 amide bonds. The predicted molar refractivity (Wildman–Crippen MR) is 117 cm³/mol. The van der Waals surface area contributed by atoms with E-state index in [9.17, 15) is 14.9 Å². The molecule has 8 nitrogen and oxygen atoms in total. The van der Waals surface area contributed by atoms with Crippen LogP contribution in [-0.2, 0) is 16.1 Å². The Balaban J connectivity index is 1.44. The third-order valence-corrected chi connectivity index (χ3v) is 5.74. The molecule has 0 aliphatic carbocycles. The van der Waals surface area contributed by atoms with Gasteiger partial charge in [-0.25, -0.2) is 4.79 Å². The Morgan fingerprint density at radius 3 is 2.39 bits per heavy atom. The van der Waals surface area contributed by atoms with Crippen molar-refractivity contribution in [1.29, 1.82) is 5.26 Å². The van der Waals surface area contributed by atoms with Gasteiger partial charge in [-0.15, -0.1) is 0 Å². The number of piperidine rings is 1. The van der Waals surface area contributed by atoms with E-state index in [1.807, 2.05) is 24.3 Å². The van der Waals surface area contributed by atoms with Crippen molar-refractivity contribution in [3.05, 3.63) is 47.7 Å². The summed E-state index contributed by atoms with van der Waals surface area (Å²) in [5, 5.41) is 12.7. The number of benzene rings is 1. The molecule has 0 aromatic heterocycles. The topological polar surface area (TPSA) is 88.9 Å². The van der Waals surface area contributed by atoms with Crippen molar-refractivity contribution < 1.29 is 14.3 Å². The normalized spacial score (nSPS) is 18.4. The second kappa shape index (κ2) is 11.4. The summed E-state index contributed by atoms with van der Waals surface area (Å²) in [6, 6.07) is 12.5. The minimum atomic E-state index is -0.282. The summed E-state index contributed by atoms with van der Waals surface area (Å²) in [4.78, 5) is 30.3. The molecule has 2 heterocycles. The van der Waals surface area contributed by atoms with E-state index in [0.29, 0.717) is 32.8 Å². The van der Waals surface area contributed by atoms with E-state index < -0.39 is 0 Å². The van der Waals surface area contributed by atoms with Gasteiger partial charge in [0, 0.05) is 58.1 Å². The summed E-state index contributed by atoms with van der Waals surface area (Å²) >= 11 is 0. The molecule has 166 valence electrons. The molecule has 2 aliphatic rings. The van der Waals surface area contributed by atoms with Crippen molar-refractivity contribution in [2.45, 2.75) is 32.4 Å². The molecule has 31 heavy (non-hydrogen) atoms. The molecule has 2 fully saturated rings. The third kappa shape index (κ3) is 6.46. The molecule has 1 N–H and O–H groups in total. The molecule has 0 spiro atoms. The molecule has 2 saturated heterocycles. The SMILES string of the molecule is CCOC(=O)N1CCC(N/C=C(/C#N)C(=O)N2CCN(Cc3ccccc3)CC2)CC1. The average Bonchev–Trinajstić information content (AvgIpc) is 2.81. The van der Waals surface area contributed by atoms with Gasteiger partial charge in [-0.3, -0.25) is 9.69 Å². The fraction of sp³-hybridized carbons (Fsp3) is 0.522. The summed E-state index contributed by atoms with van der Waals surface area (Å²) in [5.74, 6) is -0.224. The van der Waals surface area contributed by atoms with E-state index in [-0.39, 0.29) is 23.6 Å². The van der Waals surface area contributed by atoms with Gasteiger partial charge in [-0.05, 0) is 25.3 Å². The smallest absolute Gasteiger partial charge is 0.409 e. The Hall–Kier alpha value is -3.05. The molecule has 0 unspecified atom stereocenters. The number of nitriles is 1. The Bertz CT molecular complexity index is 804. The number of hydrogen-bond donors (Lipinski definition) is 1. The summed E-state index contributed by atoms with van der Waals surface area (Å²) < 4.78 is 5.03. The minimum absolute atomic E-state index is 0.129.